The van der Waals surface area contributed by atoms with E-state index in [4.69, 9.17) is 27.9 Å². The third-order valence-corrected chi connectivity index (χ3v) is 5.77. The molecule has 0 aromatic heterocycles. The van der Waals surface area contributed by atoms with Gasteiger partial charge in [0.25, 0.3) is 5.91 Å². The molecular weight excluding hydrogens is 435 g/mol. The minimum absolute atomic E-state index is 0.0147. The van der Waals surface area contributed by atoms with Crippen LogP contribution in [0, 0.1) is 6.92 Å². The molecule has 5 nitrogen and oxygen atoms in total. The highest BCUT2D eigenvalue weighted by Gasteiger charge is 2.30. The topological polar surface area (TPSA) is 58.6 Å². The van der Waals surface area contributed by atoms with Gasteiger partial charge in [-0.05, 0) is 56.0 Å². The Balaban J connectivity index is 2.27. The highest BCUT2D eigenvalue weighted by atomic mass is 35.5. The summed E-state index contributed by atoms with van der Waals surface area (Å²) < 4.78 is 5.77. The number of halogens is 2. The summed E-state index contributed by atoms with van der Waals surface area (Å²) in [7, 11) is 0. The van der Waals surface area contributed by atoms with Crippen molar-refractivity contribution in [2.24, 2.45) is 0 Å². The number of nitrogens with one attached hydrogen (secondary N) is 1. The zero-order valence-electron chi connectivity index (χ0n) is 18.5. The molecule has 0 aliphatic heterocycles. The minimum Gasteiger partial charge on any atom is -0.484 e. The Hall–Kier alpha value is -2.24. The van der Waals surface area contributed by atoms with Crippen LogP contribution >= 0.6 is 23.2 Å². The highest BCUT2D eigenvalue weighted by molar-refractivity contribution is 6.35. The lowest BCUT2D eigenvalue weighted by Gasteiger charge is -2.31. The van der Waals surface area contributed by atoms with Gasteiger partial charge in [0.2, 0.25) is 5.91 Å². The molecule has 0 fully saturated rings. The van der Waals surface area contributed by atoms with Gasteiger partial charge < -0.3 is 15.0 Å². The largest absolute Gasteiger partial charge is 0.484 e. The first-order chi connectivity index (χ1) is 14.8. The molecule has 0 saturated carbocycles. The summed E-state index contributed by atoms with van der Waals surface area (Å²) in [4.78, 5) is 27.7. The van der Waals surface area contributed by atoms with Crippen molar-refractivity contribution in [3.63, 3.8) is 0 Å². The molecule has 0 radical (unpaired) electrons. The molecule has 0 heterocycles. The van der Waals surface area contributed by atoms with E-state index < -0.39 is 6.04 Å². The van der Waals surface area contributed by atoms with Crippen molar-refractivity contribution in [1.29, 1.82) is 0 Å². The summed E-state index contributed by atoms with van der Waals surface area (Å²) in [5.74, 6) is 0.157. The summed E-state index contributed by atoms with van der Waals surface area (Å²) in [6.45, 7) is 7.74. The van der Waals surface area contributed by atoms with E-state index >= 15 is 0 Å². The van der Waals surface area contributed by atoms with Gasteiger partial charge in [-0.1, -0.05) is 61.3 Å². The lowest BCUT2D eigenvalue weighted by Crippen LogP contribution is -2.51. The predicted molar refractivity (Wildman–Crippen MR) is 126 cm³/mol. The maximum atomic E-state index is 13.2. The molecule has 2 aromatic rings. The van der Waals surface area contributed by atoms with Crippen LogP contribution in [0.5, 0.6) is 5.75 Å². The molecule has 0 saturated heterocycles. The van der Waals surface area contributed by atoms with Crippen molar-refractivity contribution in [2.45, 2.75) is 59.2 Å². The standard InChI is InChI=1S/C24H30Cl2N2O3/c1-5-17(4)27-24(30)21(6-2)28(14-18-11-12-19(25)13-20(18)26)23(29)15-31-22-10-8-7-9-16(22)3/h7-13,17,21H,5-6,14-15H2,1-4H3,(H,27,30)/t17-,21+/m0/s1. The van der Waals surface area contributed by atoms with E-state index in [0.29, 0.717) is 27.8 Å². The SMILES string of the molecule is CC[C@H](C(=O)N[C@@H](C)CC)N(Cc1ccc(Cl)cc1Cl)C(=O)COc1ccccc1C. The molecule has 7 heteroatoms. The molecule has 0 spiro atoms. The van der Waals surface area contributed by atoms with Crippen molar-refractivity contribution in [3.8, 4) is 5.75 Å². The summed E-state index contributed by atoms with van der Waals surface area (Å²) in [6, 6.07) is 12.0. The number of ether oxygens (including phenoxy) is 1. The van der Waals surface area contributed by atoms with E-state index in [1.807, 2.05) is 52.0 Å². The summed E-state index contributed by atoms with van der Waals surface area (Å²) in [5, 5.41) is 3.94. The van der Waals surface area contributed by atoms with Crippen LogP contribution < -0.4 is 10.1 Å². The van der Waals surface area contributed by atoms with Crippen molar-refractivity contribution < 1.29 is 14.3 Å². The molecule has 2 aromatic carbocycles. The van der Waals surface area contributed by atoms with E-state index in [1.54, 1.807) is 18.2 Å². The quantitative estimate of drug-likeness (QED) is 0.511. The first-order valence-corrected chi connectivity index (χ1v) is 11.2. The fourth-order valence-corrected chi connectivity index (χ4v) is 3.60. The number of benzene rings is 2. The Morgan fingerprint density at radius 2 is 1.81 bits per heavy atom. The predicted octanol–water partition coefficient (Wildman–Crippen LogP) is 5.40. The molecule has 168 valence electrons. The first kappa shape index (κ1) is 25.0. The number of nitrogens with zero attached hydrogens (tertiary/aromatic N) is 1. The number of hydrogen-bond donors (Lipinski definition) is 1. The van der Waals surface area contributed by atoms with Gasteiger partial charge >= 0.3 is 0 Å². The molecule has 0 unspecified atom stereocenters. The number of para-hydroxylation sites is 1. The maximum absolute atomic E-state index is 13.2. The first-order valence-electron chi connectivity index (χ1n) is 10.5. The molecule has 0 aliphatic rings. The fourth-order valence-electron chi connectivity index (χ4n) is 3.13. The molecule has 2 atom stereocenters. The summed E-state index contributed by atoms with van der Waals surface area (Å²) in [6.07, 6.45) is 1.26. The zero-order chi connectivity index (χ0) is 23.0. The molecular formula is C24H30Cl2N2O3. The van der Waals surface area contributed by atoms with Gasteiger partial charge in [-0.15, -0.1) is 0 Å². The molecule has 2 amide bonds. The van der Waals surface area contributed by atoms with Gasteiger partial charge in [-0.2, -0.15) is 0 Å². The Labute approximate surface area is 194 Å². The monoisotopic (exact) mass is 464 g/mol. The van der Waals surface area contributed by atoms with Gasteiger partial charge in [0, 0.05) is 22.6 Å². The van der Waals surface area contributed by atoms with Crippen LogP contribution in [-0.4, -0.2) is 35.4 Å². The van der Waals surface area contributed by atoms with Gasteiger partial charge in [-0.3, -0.25) is 9.59 Å². The van der Waals surface area contributed by atoms with Crippen LogP contribution in [0.3, 0.4) is 0 Å². The third-order valence-electron chi connectivity index (χ3n) is 5.19. The van der Waals surface area contributed by atoms with Crippen LogP contribution in [0.25, 0.3) is 0 Å². The van der Waals surface area contributed by atoms with Gasteiger partial charge in [0.1, 0.15) is 11.8 Å². The zero-order valence-corrected chi connectivity index (χ0v) is 20.0. The second-order valence-electron chi connectivity index (χ2n) is 7.55. The second kappa shape index (κ2) is 12.0. The maximum Gasteiger partial charge on any atom is 0.261 e. The third kappa shape index (κ3) is 7.15. The van der Waals surface area contributed by atoms with E-state index in [1.165, 1.54) is 4.90 Å². The highest BCUT2D eigenvalue weighted by Crippen LogP contribution is 2.24. The minimum atomic E-state index is -0.645. The van der Waals surface area contributed by atoms with E-state index in [2.05, 4.69) is 5.32 Å². The van der Waals surface area contributed by atoms with Crippen LogP contribution in [-0.2, 0) is 16.1 Å². The van der Waals surface area contributed by atoms with Crippen molar-refractivity contribution >= 4 is 35.0 Å². The molecule has 0 bridgehead atoms. The number of amides is 2. The molecule has 31 heavy (non-hydrogen) atoms. The number of aryl methyl sites for hydroxylation is 1. The lowest BCUT2D eigenvalue weighted by molar-refractivity contribution is -0.143. The van der Waals surface area contributed by atoms with Crippen molar-refractivity contribution in [3.05, 3.63) is 63.6 Å². The Morgan fingerprint density at radius 1 is 1.10 bits per heavy atom. The van der Waals surface area contributed by atoms with Crippen molar-refractivity contribution in [2.75, 3.05) is 6.61 Å². The average molecular weight is 465 g/mol. The Kier molecular flexibility index (Phi) is 9.66. The fraction of sp³-hybridized carbons (Fsp3) is 0.417. The van der Waals surface area contributed by atoms with E-state index in [-0.39, 0.29) is 31.0 Å². The van der Waals surface area contributed by atoms with Crippen LogP contribution in [0.15, 0.2) is 42.5 Å². The van der Waals surface area contributed by atoms with Crippen LogP contribution in [0.1, 0.15) is 44.7 Å². The molecule has 0 aliphatic carbocycles. The van der Waals surface area contributed by atoms with Crippen molar-refractivity contribution in [1.82, 2.24) is 10.2 Å². The number of carbonyl (C=O) groups excluding carboxylic acids is 2. The Bertz CT molecular complexity index is 904. The lowest BCUT2D eigenvalue weighted by atomic mass is 10.1. The number of rotatable bonds is 10. The normalized spacial score (nSPS) is 12.7. The van der Waals surface area contributed by atoms with Crippen LogP contribution in [0.2, 0.25) is 10.0 Å². The summed E-state index contributed by atoms with van der Waals surface area (Å²) in [5.41, 5.74) is 1.65. The summed E-state index contributed by atoms with van der Waals surface area (Å²) >= 11 is 12.4. The van der Waals surface area contributed by atoms with Gasteiger partial charge in [-0.25, -0.2) is 0 Å². The van der Waals surface area contributed by atoms with E-state index in [9.17, 15) is 9.59 Å². The number of carbonyl (C=O) groups is 2. The second-order valence-corrected chi connectivity index (χ2v) is 8.40. The van der Waals surface area contributed by atoms with Crippen LogP contribution in [0.4, 0.5) is 0 Å². The Morgan fingerprint density at radius 3 is 2.42 bits per heavy atom. The van der Waals surface area contributed by atoms with E-state index in [0.717, 1.165) is 12.0 Å². The molecule has 1 N–H and O–H groups in total. The van der Waals surface area contributed by atoms with Gasteiger partial charge in [0.05, 0.1) is 0 Å². The number of hydrogen-bond acceptors (Lipinski definition) is 3. The molecule has 2 rings (SSSR count). The van der Waals surface area contributed by atoms with Gasteiger partial charge in [0.15, 0.2) is 6.61 Å². The average Bonchev–Trinajstić information content (AvgIpc) is 2.74. The smallest absolute Gasteiger partial charge is 0.261 e.